The van der Waals surface area contributed by atoms with E-state index < -0.39 is 0 Å². The molecule has 0 aliphatic carbocycles. The number of aromatic hydroxyl groups is 2. The highest BCUT2D eigenvalue weighted by Gasteiger charge is 2.11. The van der Waals surface area contributed by atoms with Gasteiger partial charge in [-0.3, -0.25) is 0 Å². The third kappa shape index (κ3) is 1.11. The highest BCUT2D eigenvalue weighted by molar-refractivity contribution is 5.72. The molecule has 0 unspecified atom stereocenters. The number of hydrogen-bond acceptors (Lipinski definition) is 4. The van der Waals surface area contributed by atoms with Crippen LogP contribution in [0, 0.1) is 0 Å². The molecule has 0 aliphatic heterocycles. The average molecular weight is 168 g/mol. The molecule has 0 bridgehead atoms. The zero-order chi connectivity index (χ0) is 9.30. The Balaban J connectivity index is 3.42. The van der Waals surface area contributed by atoms with Crippen molar-refractivity contribution in [1.29, 1.82) is 0 Å². The fraction of sp³-hybridized carbons (Fsp3) is 0.250. The standard InChI is InChI=1S/C8H12N2O2/c1-2-4-7(10)6(11)3-5(9)8(4)12/h3,11-12H,2,9-10H2,1H3. The van der Waals surface area contributed by atoms with Crippen molar-refractivity contribution in [1.82, 2.24) is 0 Å². The smallest absolute Gasteiger partial charge is 0.143 e. The number of anilines is 2. The highest BCUT2D eigenvalue weighted by Crippen LogP contribution is 2.36. The van der Waals surface area contributed by atoms with Gasteiger partial charge in [-0.15, -0.1) is 0 Å². The summed E-state index contributed by atoms with van der Waals surface area (Å²) >= 11 is 0. The number of nitrogen functional groups attached to an aromatic ring is 2. The second-order valence-electron chi connectivity index (χ2n) is 2.58. The first kappa shape index (κ1) is 8.52. The Bertz CT molecular complexity index is 284. The fourth-order valence-electron chi connectivity index (χ4n) is 1.11. The SMILES string of the molecule is CCc1c(N)c(O)cc(N)c1O. The maximum atomic E-state index is 9.39. The number of hydrogen-bond donors (Lipinski definition) is 4. The number of phenols is 2. The minimum Gasteiger partial charge on any atom is -0.506 e. The molecule has 12 heavy (non-hydrogen) atoms. The Labute approximate surface area is 70.4 Å². The molecule has 0 heterocycles. The summed E-state index contributed by atoms with van der Waals surface area (Å²) in [6.45, 7) is 1.82. The second-order valence-corrected chi connectivity index (χ2v) is 2.58. The molecule has 0 aromatic heterocycles. The van der Waals surface area contributed by atoms with Gasteiger partial charge in [-0.1, -0.05) is 6.92 Å². The fourth-order valence-corrected chi connectivity index (χ4v) is 1.11. The van der Waals surface area contributed by atoms with E-state index in [4.69, 9.17) is 11.5 Å². The van der Waals surface area contributed by atoms with E-state index in [-0.39, 0.29) is 22.9 Å². The van der Waals surface area contributed by atoms with Gasteiger partial charge in [-0.2, -0.15) is 0 Å². The third-order valence-electron chi connectivity index (χ3n) is 1.81. The van der Waals surface area contributed by atoms with Crippen LogP contribution in [0.5, 0.6) is 11.5 Å². The van der Waals surface area contributed by atoms with E-state index in [1.807, 2.05) is 6.92 Å². The molecule has 4 heteroatoms. The Morgan fingerprint density at radius 3 is 2.42 bits per heavy atom. The zero-order valence-corrected chi connectivity index (χ0v) is 6.83. The molecule has 0 spiro atoms. The molecule has 0 amide bonds. The molecule has 0 radical (unpaired) electrons. The first-order chi connectivity index (χ1) is 5.57. The van der Waals surface area contributed by atoms with E-state index in [9.17, 15) is 10.2 Å². The normalized spacial score (nSPS) is 10.1. The zero-order valence-electron chi connectivity index (χ0n) is 6.83. The summed E-state index contributed by atoms with van der Waals surface area (Å²) in [5.74, 6) is -0.116. The molecule has 0 aliphatic rings. The first-order valence-electron chi connectivity index (χ1n) is 3.66. The maximum Gasteiger partial charge on any atom is 0.143 e. The molecular formula is C8H12N2O2. The van der Waals surface area contributed by atoms with Gasteiger partial charge in [0.25, 0.3) is 0 Å². The summed E-state index contributed by atoms with van der Waals surface area (Å²) in [5, 5.41) is 18.6. The Kier molecular flexibility index (Phi) is 1.99. The van der Waals surface area contributed by atoms with E-state index in [1.54, 1.807) is 0 Å². The van der Waals surface area contributed by atoms with Crippen LogP contribution in [0.3, 0.4) is 0 Å². The van der Waals surface area contributed by atoms with Crippen LogP contribution < -0.4 is 11.5 Å². The van der Waals surface area contributed by atoms with Gasteiger partial charge >= 0.3 is 0 Å². The minimum atomic E-state index is -0.0813. The van der Waals surface area contributed by atoms with Crippen molar-refractivity contribution in [3.8, 4) is 11.5 Å². The quantitative estimate of drug-likeness (QED) is 0.284. The summed E-state index contributed by atoms with van der Waals surface area (Å²) in [4.78, 5) is 0. The third-order valence-corrected chi connectivity index (χ3v) is 1.81. The summed E-state index contributed by atoms with van der Waals surface area (Å²) in [6.07, 6.45) is 0.538. The number of benzene rings is 1. The van der Waals surface area contributed by atoms with E-state index in [1.165, 1.54) is 6.07 Å². The van der Waals surface area contributed by atoms with Crippen LogP contribution in [0.15, 0.2) is 6.07 Å². The molecule has 4 nitrogen and oxygen atoms in total. The van der Waals surface area contributed by atoms with Crippen LogP contribution in [0.4, 0.5) is 11.4 Å². The Hall–Kier alpha value is -1.58. The lowest BCUT2D eigenvalue weighted by atomic mass is 10.1. The highest BCUT2D eigenvalue weighted by atomic mass is 16.3. The predicted octanol–water partition coefficient (Wildman–Crippen LogP) is 0.825. The van der Waals surface area contributed by atoms with Crippen molar-refractivity contribution in [2.45, 2.75) is 13.3 Å². The van der Waals surface area contributed by atoms with Crippen molar-refractivity contribution >= 4 is 11.4 Å². The van der Waals surface area contributed by atoms with E-state index in [2.05, 4.69) is 0 Å². The van der Waals surface area contributed by atoms with Crippen LogP contribution in [0.2, 0.25) is 0 Å². The lowest BCUT2D eigenvalue weighted by Crippen LogP contribution is -1.97. The Morgan fingerprint density at radius 2 is 1.92 bits per heavy atom. The second kappa shape index (κ2) is 2.81. The van der Waals surface area contributed by atoms with Crippen LogP contribution in [-0.2, 0) is 6.42 Å². The maximum absolute atomic E-state index is 9.39. The van der Waals surface area contributed by atoms with Gasteiger partial charge in [0.2, 0.25) is 0 Å². The van der Waals surface area contributed by atoms with Crippen molar-refractivity contribution in [2.24, 2.45) is 0 Å². The summed E-state index contributed by atoms with van der Waals surface area (Å²) in [7, 11) is 0. The van der Waals surface area contributed by atoms with Gasteiger partial charge < -0.3 is 21.7 Å². The summed E-state index contributed by atoms with van der Waals surface area (Å²) in [6, 6.07) is 1.24. The van der Waals surface area contributed by atoms with E-state index in [0.717, 1.165) is 0 Å². The molecule has 1 aromatic rings. The topological polar surface area (TPSA) is 92.5 Å². The molecular weight excluding hydrogens is 156 g/mol. The van der Waals surface area contributed by atoms with Gasteiger partial charge in [0.1, 0.15) is 11.5 Å². The van der Waals surface area contributed by atoms with Gasteiger partial charge in [-0.25, -0.2) is 0 Å². The van der Waals surface area contributed by atoms with Crippen molar-refractivity contribution in [2.75, 3.05) is 11.5 Å². The van der Waals surface area contributed by atoms with E-state index in [0.29, 0.717) is 12.0 Å². The van der Waals surface area contributed by atoms with Gasteiger partial charge in [0, 0.05) is 11.6 Å². The number of phenolic OH excluding ortho intramolecular Hbond substituents is 2. The van der Waals surface area contributed by atoms with E-state index >= 15 is 0 Å². The van der Waals surface area contributed by atoms with Crippen LogP contribution in [-0.4, -0.2) is 10.2 Å². The van der Waals surface area contributed by atoms with Gasteiger partial charge in [0.15, 0.2) is 0 Å². The largest absolute Gasteiger partial charge is 0.506 e. The number of rotatable bonds is 1. The molecule has 1 aromatic carbocycles. The van der Waals surface area contributed by atoms with Gasteiger partial charge in [-0.05, 0) is 6.42 Å². The number of nitrogens with two attached hydrogens (primary N) is 2. The predicted molar refractivity (Wildman–Crippen MR) is 48.0 cm³/mol. The lowest BCUT2D eigenvalue weighted by Gasteiger charge is -2.09. The van der Waals surface area contributed by atoms with Crippen molar-refractivity contribution < 1.29 is 10.2 Å². The Morgan fingerprint density at radius 1 is 1.33 bits per heavy atom. The molecule has 0 fully saturated rings. The molecule has 66 valence electrons. The molecule has 6 N–H and O–H groups in total. The minimum absolute atomic E-state index is 0.0344. The lowest BCUT2D eigenvalue weighted by molar-refractivity contribution is 0.459. The summed E-state index contributed by atoms with van der Waals surface area (Å²) < 4.78 is 0. The molecule has 0 atom stereocenters. The van der Waals surface area contributed by atoms with Crippen molar-refractivity contribution in [3.63, 3.8) is 0 Å². The van der Waals surface area contributed by atoms with Crippen LogP contribution in [0.25, 0.3) is 0 Å². The van der Waals surface area contributed by atoms with Crippen molar-refractivity contribution in [3.05, 3.63) is 11.6 Å². The monoisotopic (exact) mass is 168 g/mol. The molecule has 0 saturated heterocycles. The van der Waals surface area contributed by atoms with Crippen LogP contribution >= 0.6 is 0 Å². The van der Waals surface area contributed by atoms with Crippen LogP contribution in [0.1, 0.15) is 12.5 Å². The van der Waals surface area contributed by atoms with Gasteiger partial charge in [0.05, 0.1) is 11.4 Å². The molecule has 0 saturated carbocycles. The summed E-state index contributed by atoms with van der Waals surface area (Å²) in [5.41, 5.74) is 11.7. The molecule has 1 rings (SSSR count). The average Bonchev–Trinajstić information content (AvgIpc) is 2.02. The first-order valence-corrected chi connectivity index (χ1v) is 3.66.